The fourth-order valence-electron chi connectivity index (χ4n) is 1.58. The zero-order chi connectivity index (χ0) is 14.0. The first kappa shape index (κ1) is 13.5. The normalized spacial score (nSPS) is 10.3. The van der Waals surface area contributed by atoms with E-state index >= 15 is 0 Å². The molecule has 0 spiro atoms. The lowest BCUT2D eigenvalue weighted by molar-refractivity contribution is 0.102. The van der Waals surface area contributed by atoms with E-state index in [9.17, 15) is 13.6 Å². The Balaban J connectivity index is 2.25. The van der Waals surface area contributed by atoms with Gasteiger partial charge in [0.05, 0.1) is 11.3 Å². The third-order valence-electron chi connectivity index (χ3n) is 2.55. The van der Waals surface area contributed by atoms with Gasteiger partial charge in [-0.3, -0.25) is 4.79 Å². The first-order valence-corrected chi connectivity index (χ1v) is 5.88. The van der Waals surface area contributed by atoms with Gasteiger partial charge in [-0.1, -0.05) is 17.7 Å². The molecule has 0 atom stereocenters. The lowest BCUT2D eigenvalue weighted by Crippen LogP contribution is -2.14. The van der Waals surface area contributed by atoms with Crippen LogP contribution in [-0.4, -0.2) is 5.91 Å². The summed E-state index contributed by atoms with van der Waals surface area (Å²) < 4.78 is 27.1. The van der Waals surface area contributed by atoms with Crippen LogP contribution in [0.3, 0.4) is 0 Å². The van der Waals surface area contributed by atoms with Crippen molar-refractivity contribution < 1.29 is 13.6 Å². The van der Waals surface area contributed by atoms with E-state index in [-0.39, 0.29) is 16.3 Å². The molecule has 98 valence electrons. The molecule has 2 rings (SSSR count). The van der Waals surface area contributed by atoms with Crippen molar-refractivity contribution in [1.29, 1.82) is 0 Å². The van der Waals surface area contributed by atoms with Gasteiger partial charge in [0.1, 0.15) is 11.6 Å². The minimum Gasteiger partial charge on any atom is -0.319 e. The van der Waals surface area contributed by atoms with Crippen LogP contribution < -0.4 is 5.32 Å². The number of nitrogens with one attached hydrogen (secondary N) is 1. The van der Waals surface area contributed by atoms with Crippen molar-refractivity contribution in [3.8, 4) is 0 Å². The molecule has 1 amide bonds. The first-order chi connectivity index (χ1) is 8.97. The van der Waals surface area contributed by atoms with Gasteiger partial charge in [-0.25, -0.2) is 8.78 Å². The number of anilines is 1. The highest BCUT2D eigenvalue weighted by Crippen LogP contribution is 2.20. The molecule has 0 aliphatic rings. The summed E-state index contributed by atoms with van der Waals surface area (Å²) in [5, 5.41) is 2.52. The predicted octanol–water partition coefficient (Wildman–Crippen LogP) is 4.18. The highest BCUT2D eigenvalue weighted by atomic mass is 35.5. The Labute approximate surface area is 114 Å². The van der Waals surface area contributed by atoms with Crippen molar-refractivity contribution in [3.05, 3.63) is 64.2 Å². The maximum atomic E-state index is 13.6. The van der Waals surface area contributed by atoms with Crippen LogP contribution in [0, 0.1) is 18.6 Å². The monoisotopic (exact) mass is 281 g/mol. The average molecular weight is 282 g/mol. The lowest BCUT2D eigenvalue weighted by atomic mass is 10.1. The van der Waals surface area contributed by atoms with Crippen LogP contribution in [0.25, 0.3) is 0 Å². The maximum Gasteiger partial charge on any atom is 0.258 e. The third kappa shape index (κ3) is 3.09. The van der Waals surface area contributed by atoms with E-state index in [1.807, 2.05) is 0 Å². The summed E-state index contributed by atoms with van der Waals surface area (Å²) in [6.45, 7) is 1.71. The second kappa shape index (κ2) is 5.36. The number of carbonyl (C=O) groups is 1. The molecule has 0 saturated heterocycles. The second-order valence-corrected chi connectivity index (χ2v) is 4.50. The Morgan fingerprint density at radius 1 is 1.11 bits per heavy atom. The van der Waals surface area contributed by atoms with Gasteiger partial charge in [-0.15, -0.1) is 0 Å². The second-order valence-electron chi connectivity index (χ2n) is 4.06. The summed E-state index contributed by atoms with van der Waals surface area (Å²) in [4.78, 5) is 11.8. The number of amides is 1. The summed E-state index contributed by atoms with van der Waals surface area (Å²) >= 11 is 5.60. The molecule has 0 radical (unpaired) electrons. The molecule has 0 unspecified atom stereocenters. The van der Waals surface area contributed by atoms with Crippen molar-refractivity contribution in [2.75, 3.05) is 5.32 Å². The van der Waals surface area contributed by atoms with E-state index < -0.39 is 17.5 Å². The van der Waals surface area contributed by atoms with Gasteiger partial charge in [0, 0.05) is 5.02 Å². The quantitative estimate of drug-likeness (QED) is 0.879. The summed E-state index contributed by atoms with van der Waals surface area (Å²) in [5.74, 6) is -2.03. The summed E-state index contributed by atoms with van der Waals surface area (Å²) in [6.07, 6.45) is 0. The highest BCUT2D eigenvalue weighted by molar-refractivity contribution is 6.30. The molecule has 0 fully saturated rings. The SMILES string of the molecule is Cc1ccc(C(=O)Nc2ccc(Cl)cc2F)c(F)c1. The van der Waals surface area contributed by atoms with Crippen molar-refractivity contribution in [2.24, 2.45) is 0 Å². The molecule has 0 bridgehead atoms. The number of carbonyl (C=O) groups excluding carboxylic acids is 1. The number of hydrogen-bond acceptors (Lipinski definition) is 1. The van der Waals surface area contributed by atoms with Gasteiger partial charge < -0.3 is 5.32 Å². The van der Waals surface area contributed by atoms with Crippen molar-refractivity contribution >= 4 is 23.2 Å². The molecule has 19 heavy (non-hydrogen) atoms. The molecule has 1 N–H and O–H groups in total. The highest BCUT2D eigenvalue weighted by Gasteiger charge is 2.13. The van der Waals surface area contributed by atoms with Crippen molar-refractivity contribution in [3.63, 3.8) is 0 Å². The fourth-order valence-corrected chi connectivity index (χ4v) is 1.74. The Kier molecular flexibility index (Phi) is 3.81. The van der Waals surface area contributed by atoms with Crippen LogP contribution in [-0.2, 0) is 0 Å². The third-order valence-corrected chi connectivity index (χ3v) is 2.78. The van der Waals surface area contributed by atoms with E-state index in [1.165, 1.54) is 24.3 Å². The Hall–Kier alpha value is -1.94. The average Bonchev–Trinajstić information content (AvgIpc) is 2.32. The van der Waals surface area contributed by atoms with Gasteiger partial charge in [0.15, 0.2) is 0 Å². The van der Waals surface area contributed by atoms with Gasteiger partial charge in [-0.2, -0.15) is 0 Å². The zero-order valence-electron chi connectivity index (χ0n) is 10.0. The summed E-state index contributed by atoms with van der Waals surface area (Å²) in [5.41, 5.74) is 0.515. The molecule has 0 aliphatic carbocycles. The van der Waals surface area contributed by atoms with Crippen molar-refractivity contribution in [2.45, 2.75) is 6.92 Å². The van der Waals surface area contributed by atoms with Crippen LogP contribution in [0.2, 0.25) is 5.02 Å². The molecule has 2 nitrogen and oxygen atoms in total. The molecule has 0 aromatic heterocycles. The lowest BCUT2D eigenvalue weighted by Gasteiger charge is -2.07. The number of benzene rings is 2. The fraction of sp³-hybridized carbons (Fsp3) is 0.0714. The van der Waals surface area contributed by atoms with Crippen molar-refractivity contribution in [1.82, 2.24) is 0 Å². The van der Waals surface area contributed by atoms with Crippen LogP contribution in [0.15, 0.2) is 36.4 Å². The predicted molar refractivity (Wildman–Crippen MR) is 70.5 cm³/mol. The molecule has 0 heterocycles. The van der Waals surface area contributed by atoms with Crippen LogP contribution in [0.4, 0.5) is 14.5 Å². The Bertz CT molecular complexity index is 643. The molecule has 5 heteroatoms. The molecule has 0 saturated carbocycles. The standard InChI is InChI=1S/C14H10ClF2NO/c1-8-2-4-10(11(16)6-8)14(19)18-13-5-3-9(15)7-12(13)17/h2-7H,1H3,(H,18,19). The van der Waals surface area contributed by atoms with Gasteiger partial charge >= 0.3 is 0 Å². The minimum atomic E-state index is -0.710. The van der Waals surface area contributed by atoms with Gasteiger partial charge in [0.25, 0.3) is 5.91 Å². The molecular formula is C14H10ClF2NO. The number of rotatable bonds is 2. The number of halogens is 3. The Morgan fingerprint density at radius 3 is 2.47 bits per heavy atom. The van der Waals surface area contributed by atoms with E-state index in [4.69, 9.17) is 11.6 Å². The minimum absolute atomic E-state index is 0.0469. The van der Waals surface area contributed by atoms with E-state index in [1.54, 1.807) is 13.0 Å². The maximum absolute atomic E-state index is 13.6. The molecular weight excluding hydrogens is 272 g/mol. The topological polar surface area (TPSA) is 29.1 Å². The molecule has 0 aliphatic heterocycles. The summed E-state index contributed by atoms with van der Waals surface area (Å²) in [7, 11) is 0. The van der Waals surface area contributed by atoms with Gasteiger partial charge in [0.2, 0.25) is 0 Å². The van der Waals surface area contributed by atoms with E-state index in [0.717, 1.165) is 6.07 Å². The number of hydrogen-bond donors (Lipinski definition) is 1. The van der Waals surface area contributed by atoms with E-state index in [2.05, 4.69) is 5.32 Å². The Morgan fingerprint density at radius 2 is 1.84 bits per heavy atom. The zero-order valence-corrected chi connectivity index (χ0v) is 10.8. The van der Waals surface area contributed by atoms with Crippen LogP contribution >= 0.6 is 11.6 Å². The molecule has 2 aromatic carbocycles. The molecule has 2 aromatic rings. The first-order valence-electron chi connectivity index (χ1n) is 5.50. The number of aryl methyl sites for hydroxylation is 1. The smallest absolute Gasteiger partial charge is 0.258 e. The van der Waals surface area contributed by atoms with Crippen LogP contribution in [0.1, 0.15) is 15.9 Å². The van der Waals surface area contributed by atoms with Crippen LogP contribution in [0.5, 0.6) is 0 Å². The van der Waals surface area contributed by atoms with Gasteiger partial charge in [-0.05, 0) is 42.8 Å². The summed E-state index contributed by atoms with van der Waals surface area (Å²) in [6, 6.07) is 8.03. The largest absolute Gasteiger partial charge is 0.319 e. The van der Waals surface area contributed by atoms with E-state index in [0.29, 0.717) is 5.56 Å².